The van der Waals surface area contributed by atoms with Gasteiger partial charge in [-0.3, -0.25) is 8.37 Å². The summed E-state index contributed by atoms with van der Waals surface area (Å²) in [6.45, 7) is -0.554. The van der Waals surface area contributed by atoms with Gasteiger partial charge in [0.2, 0.25) is 0 Å². The van der Waals surface area contributed by atoms with Crippen molar-refractivity contribution in [3.63, 3.8) is 0 Å². The number of hydrogen-bond donors (Lipinski definition) is 0. The Labute approximate surface area is 194 Å². The fourth-order valence-electron chi connectivity index (χ4n) is 6.36. The fraction of sp³-hybridized carbons (Fsp3) is 1.00. The predicted octanol–water partition coefficient (Wildman–Crippen LogP) is 3.88. The van der Waals surface area contributed by atoms with Crippen LogP contribution in [0.3, 0.4) is 0 Å². The minimum absolute atomic E-state index is 0.00738. The molecule has 4 saturated carbocycles. The molecule has 0 bridgehead atoms. The van der Waals surface area contributed by atoms with Crippen LogP contribution in [0.2, 0.25) is 0 Å². The Bertz CT molecular complexity index is 694. The second-order valence-corrected chi connectivity index (χ2v) is 13.0. The zero-order valence-electron chi connectivity index (χ0n) is 19.2. The monoisotopic (exact) mass is 492 g/mol. The van der Waals surface area contributed by atoms with E-state index in [-0.39, 0.29) is 37.4 Å². The zero-order chi connectivity index (χ0) is 22.6. The Morgan fingerprint density at radius 3 is 0.906 bits per heavy atom. The highest BCUT2D eigenvalue weighted by Gasteiger charge is 2.41. The molecule has 8 nitrogen and oxygen atoms in total. The van der Waals surface area contributed by atoms with E-state index in [1.54, 1.807) is 8.61 Å². The van der Waals surface area contributed by atoms with Crippen LogP contribution in [0.4, 0.5) is 0 Å². The van der Waals surface area contributed by atoms with Crippen molar-refractivity contribution in [2.24, 2.45) is 0 Å². The normalized spacial score (nSPS) is 25.2. The molecule has 0 N–H and O–H groups in total. The summed E-state index contributed by atoms with van der Waals surface area (Å²) in [5.41, 5.74) is 0. The third kappa shape index (κ3) is 5.86. The van der Waals surface area contributed by atoms with E-state index in [2.05, 4.69) is 0 Å². The topological polar surface area (TPSA) is 93.2 Å². The van der Waals surface area contributed by atoms with Crippen molar-refractivity contribution in [1.29, 1.82) is 0 Å². The van der Waals surface area contributed by atoms with Crippen molar-refractivity contribution in [2.75, 3.05) is 13.2 Å². The van der Waals surface area contributed by atoms with Crippen molar-refractivity contribution >= 4 is 20.6 Å². The molecule has 186 valence electrons. The van der Waals surface area contributed by atoms with E-state index in [1.807, 2.05) is 0 Å². The lowest BCUT2D eigenvalue weighted by molar-refractivity contribution is 0.156. The van der Waals surface area contributed by atoms with E-state index in [0.29, 0.717) is 0 Å². The molecule has 0 aromatic carbocycles. The summed E-state index contributed by atoms with van der Waals surface area (Å²) in [5.74, 6) is 0. The summed E-state index contributed by atoms with van der Waals surface area (Å²) < 4.78 is 66.1. The minimum atomic E-state index is -3.91. The van der Waals surface area contributed by atoms with Gasteiger partial charge in [0.05, 0.1) is 13.2 Å². The molecule has 0 heterocycles. The van der Waals surface area contributed by atoms with Crippen LogP contribution in [0.5, 0.6) is 0 Å². The van der Waals surface area contributed by atoms with E-state index in [4.69, 9.17) is 8.37 Å². The van der Waals surface area contributed by atoms with Crippen LogP contribution in [-0.2, 0) is 29.0 Å². The van der Waals surface area contributed by atoms with Gasteiger partial charge in [-0.1, -0.05) is 51.4 Å². The highest BCUT2D eigenvalue weighted by molar-refractivity contribution is 7.84. The number of rotatable bonds is 11. The molecule has 0 atom stereocenters. The van der Waals surface area contributed by atoms with Crippen molar-refractivity contribution in [1.82, 2.24) is 8.61 Å². The first-order valence-electron chi connectivity index (χ1n) is 12.7. The molecule has 0 amide bonds. The van der Waals surface area contributed by atoms with Crippen LogP contribution < -0.4 is 0 Å². The first-order chi connectivity index (χ1) is 15.4. The van der Waals surface area contributed by atoms with Gasteiger partial charge in [-0.25, -0.2) is 0 Å². The molecular weight excluding hydrogens is 452 g/mol. The quantitative estimate of drug-likeness (QED) is 0.406. The molecule has 0 radical (unpaired) electrons. The molecule has 4 aliphatic rings. The van der Waals surface area contributed by atoms with Gasteiger partial charge < -0.3 is 0 Å². The van der Waals surface area contributed by atoms with Gasteiger partial charge in [-0.15, -0.1) is 0 Å². The van der Waals surface area contributed by atoms with Gasteiger partial charge in [0.1, 0.15) is 0 Å². The molecule has 4 aliphatic carbocycles. The molecule has 4 rings (SSSR count). The summed E-state index contributed by atoms with van der Waals surface area (Å²) in [7, 11) is -7.83. The minimum Gasteiger partial charge on any atom is -0.255 e. The standard InChI is InChI=1S/C22H40N2O6S2/c25-31(26,23(19-9-1-2-10-19)20-11-3-4-12-20)29-17-18-30-32(27,28)24(21-13-5-6-14-21)22-15-7-8-16-22/h19-22H,1-18H2. The van der Waals surface area contributed by atoms with Crippen molar-refractivity contribution in [2.45, 2.75) is 127 Å². The maximum atomic E-state index is 13.1. The average molecular weight is 493 g/mol. The van der Waals surface area contributed by atoms with Gasteiger partial charge in [0, 0.05) is 24.2 Å². The van der Waals surface area contributed by atoms with Gasteiger partial charge in [0.25, 0.3) is 0 Å². The second-order valence-electron chi connectivity index (χ2n) is 9.97. The van der Waals surface area contributed by atoms with Crippen LogP contribution in [0.25, 0.3) is 0 Å². The lowest BCUT2D eigenvalue weighted by atomic mass is 10.2. The maximum Gasteiger partial charge on any atom is 0.338 e. The highest BCUT2D eigenvalue weighted by atomic mass is 32.2. The van der Waals surface area contributed by atoms with Crippen LogP contribution in [0.1, 0.15) is 103 Å². The predicted molar refractivity (Wildman–Crippen MR) is 122 cm³/mol. The number of nitrogens with zero attached hydrogens (tertiary/aromatic N) is 2. The molecule has 0 aliphatic heterocycles. The Hall–Kier alpha value is -0.260. The van der Waals surface area contributed by atoms with E-state index >= 15 is 0 Å². The Morgan fingerprint density at radius 2 is 0.688 bits per heavy atom. The third-order valence-corrected chi connectivity index (χ3v) is 11.0. The molecule has 0 saturated heterocycles. The van der Waals surface area contributed by atoms with Crippen LogP contribution in [0.15, 0.2) is 0 Å². The van der Waals surface area contributed by atoms with Gasteiger partial charge in [-0.2, -0.15) is 25.4 Å². The van der Waals surface area contributed by atoms with Gasteiger partial charge in [0.15, 0.2) is 0 Å². The Kier molecular flexibility index (Phi) is 8.53. The van der Waals surface area contributed by atoms with Crippen molar-refractivity contribution < 1.29 is 25.2 Å². The molecule has 4 fully saturated rings. The molecule has 0 aromatic rings. The first kappa shape index (κ1) is 24.9. The summed E-state index contributed by atoms with van der Waals surface area (Å²) in [5, 5.41) is 0. The SMILES string of the molecule is O=S(=O)(OCCOS(=O)(=O)N(C1CCCC1)C1CCCC1)N(C1CCCC1)C1CCCC1. The van der Waals surface area contributed by atoms with Gasteiger partial charge in [-0.05, 0) is 51.4 Å². The largest absolute Gasteiger partial charge is 0.338 e. The van der Waals surface area contributed by atoms with E-state index in [9.17, 15) is 16.8 Å². The second kappa shape index (κ2) is 11.0. The molecule has 32 heavy (non-hydrogen) atoms. The van der Waals surface area contributed by atoms with E-state index in [0.717, 1.165) is 103 Å². The van der Waals surface area contributed by atoms with Crippen LogP contribution >= 0.6 is 0 Å². The first-order valence-corrected chi connectivity index (χ1v) is 15.5. The molecule has 0 spiro atoms. The van der Waals surface area contributed by atoms with Crippen LogP contribution in [-0.4, -0.2) is 62.8 Å². The Balaban J connectivity index is 1.35. The van der Waals surface area contributed by atoms with Crippen LogP contribution in [0, 0.1) is 0 Å². The molecule has 0 aromatic heterocycles. The number of hydrogen-bond acceptors (Lipinski definition) is 6. The maximum absolute atomic E-state index is 13.1. The van der Waals surface area contributed by atoms with E-state index < -0.39 is 20.6 Å². The van der Waals surface area contributed by atoms with Crippen molar-refractivity contribution in [3.8, 4) is 0 Å². The average Bonchev–Trinajstić information content (AvgIpc) is 3.55. The highest BCUT2D eigenvalue weighted by Crippen LogP contribution is 2.35. The van der Waals surface area contributed by atoms with E-state index in [1.165, 1.54) is 0 Å². The third-order valence-electron chi connectivity index (χ3n) is 7.80. The van der Waals surface area contributed by atoms with Gasteiger partial charge >= 0.3 is 20.6 Å². The smallest absolute Gasteiger partial charge is 0.255 e. The zero-order valence-corrected chi connectivity index (χ0v) is 20.8. The lowest BCUT2D eigenvalue weighted by Gasteiger charge is -2.33. The molecule has 10 heteroatoms. The van der Waals surface area contributed by atoms with Crippen molar-refractivity contribution in [3.05, 3.63) is 0 Å². The molecule has 0 unspecified atom stereocenters. The lowest BCUT2D eigenvalue weighted by Crippen LogP contribution is -2.47. The summed E-state index contributed by atoms with van der Waals surface area (Å²) in [6, 6.07) is 0.0295. The summed E-state index contributed by atoms with van der Waals surface area (Å²) in [4.78, 5) is 0. The Morgan fingerprint density at radius 1 is 0.469 bits per heavy atom. The fourth-order valence-corrected chi connectivity index (χ4v) is 9.47. The summed E-state index contributed by atoms with van der Waals surface area (Å²) >= 11 is 0. The molecular formula is C22H40N2O6S2. The summed E-state index contributed by atoms with van der Waals surface area (Å²) in [6.07, 6.45) is 15.4.